The van der Waals surface area contributed by atoms with Crippen LogP contribution in [-0.4, -0.2) is 33.2 Å². The van der Waals surface area contributed by atoms with Crippen molar-refractivity contribution in [2.45, 2.75) is 0 Å². The van der Waals surface area contributed by atoms with Gasteiger partial charge in [-0.15, -0.1) is 0 Å². The van der Waals surface area contributed by atoms with Gasteiger partial charge in [-0.05, 0) is 30.3 Å². The third-order valence-electron chi connectivity index (χ3n) is 3.84. The molecule has 0 aliphatic rings. The molecule has 3 rings (SSSR count). The number of phenolic OH excluding ortho intramolecular Hbond substituents is 1. The van der Waals surface area contributed by atoms with Crippen LogP contribution in [0.5, 0.6) is 5.75 Å². The van der Waals surface area contributed by atoms with Gasteiger partial charge in [-0.25, -0.2) is 10.2 Å². The van der Waals surface area contributed by atoms with Crippen LogP contribution >= 0.6 is 0 Å². The molecule has 0 aliphatic carbocycles. The SMILES string of the molecule is O=C(O)c1ccc(-c2ccc(C=NNC(=O)c3cc([N+](=O)[O-])ccc3O)o2)cc1. The van der Waals surface area contributed by atoms with Crippen molar-refractivity contribution < 1.29 is 29.1 Å². The number of phenols is 1. The molecule has 146 valence electrons. The summed E-state index contributed by atoms with van der Waals surface area (Å²) in [4.78, 5) is 33.0. The van der Waals surface area contributed by atoms with Crippen LogP contribution in [0.15, 0.2) is 64.1 Å². The van der Waals surface area contributed by atoms with E-state index in [9.17, 15) is 24.8 Å². The zero-order chi connectivity index (χ0) is 21.0. The topological polar surface area (TPSA) is 155 Å². The van der Waals surface area contributed by atoms with E-state index in [-0.39, 0.29) is 16.8 Å². The number of carbonyl (C=O) groups excluding carboxylic acids is 1. The summed E-state index contributed by atoms with van der Waals surface area (Å²) < 4.78 is 5.55. The maximum absolute atomic E-state index is 12.1. The Labute approximate surface area is 162 Å². The highest BCUT2D eigenvalue weighted by Crippen LogP contribution is 2.23. The highest BCUT2D eigenvalue weighted by atomic mass is 16.6. The normalized spacial score (nSPS) is 10.8. The van der Waals surface area contributed by atoms with Gasteiger partial charge in [-0.2, -0.15) is 5.10 Å². The largest absolute Gasteiger partial charge is 0.507 e. The Bertz CT molecular complexity index is 1120. The molecular formula is C19H13N3O7. The number of aromatic hydroxyl groups is 1. The van der Waals surface area contributed by atoms with Crippen molar-refractivity contribution in [3.63, 3.8) is 0 Å². The number of hydrogen-bond donors (Lipinski definition) is 3. The van der Waals surface area contributed by atoms with Crippen molar-refractivity contribution in [2.24, 2.45) is 5.10 Å². The number of nitrogens with one attached hydrogen (secondary N) is 1. The van der Waals surface area contributed by atoms with Crippen molar-refractivity contribution in [3.8, 4) is 17.1 Å². The van der Waals surface area contributed by atoms with Gasteiger partial charge in [0.15, 0.2) is 0 Å². The number of amides is 1. The van der Waals surface area contributed by atoms with E-state index >= 15 is 0 Å². The summed E-state index contributed by atoms with van der Waals surface area (Å²) in [7, 11) is 0. The van der Waals surface area contributed by atoms with Crippen LogP contribution in [-0.2, 0) is 0 Å². The van der Waals surface area contributed by atoms with E-state index < -0.39 is 22.5 Å². The summed E-state index contributed by atoms with van der Waals surface area (Å²) >= 11 is 0. The number of nitrogens with zero attached hydrogens (tertiary/aromatic N) is 2. The molecule has 2 aromatic carbocycles. The number of carboxylic acid groups (broad SMARTS) is 1. The monoisotopic (exact) mass is 395 g/mol. The number of nitro benzene ring substituents is 1. The first-order chi connectivity index (χ1) is 13.8. The number of furan rings is 1. The Hall–Kier alpha value is -4.47. The Kier molecular flexibility index (Phi) is 5.35. The van der Waals surface area contributed by atoms with Gasteiger partial charge in [0.2, 0.25) is 0 Å². The second-order valence-electron chi connectivity index (χ2n) is 5.74. The molecule has 0 aliphatic heterocycles. The molecule has 1 heterocycles. The summed E-state index contributed by atoms with van der Waals surface area (Å²) in [6, 6.07) is 12.4. The molecule has 1 amide bonds. The summed E-state index contributed by atoms with van der Waals surface area (Å²) in [5.74, 6) is -1.53. The average molecular weight is 395 g/mol. The van der Waals surface area contributed by atoms with Crippen LogP contribution in [0.4, 0.5) is 5.69 Å². The van der Waals surface area contributed by atoms with Crippen molar-refractivity contribution in [3.05, 3.63) is 81.6 Å². The van der Waals surface area contributed by atoms with Crippen molar-refractivity contribution >= 4 is 23.8 Å². The van der Waals surface area contributed by atoms with Crippen LogP contribution in [0, 0.1) is 10.1 Å². The molecule has 0 spiro atoms. The molecule has 0 bridgehead atoms. The molecule has 3 N–H and O–H groups in total. The number of hydrogen-bond acceptors (Lipinski definition) is 7. The molecular weight excluding hydrogens is 382 g/mol. The Morgan fingerprint density at radius 3 is 2.48 bits per heavy atom. The average Bonchev–Trinajstić information content (AvgIpc) is 3.17. The van der Waals surface area contributed by atoms with Crippen LogP contribution < -0.4 is 5.43 Å². The summed E-state index contributed by atoms with van der Waals surface area (Å²) in [6.45, 7) is 0. The van der Waals surface area contributed by atoms with Gasteiger partial charge >= 0.3 is 5.97 Å². The van der Waals surface area contributed by atoms with Crippen molar-refractivity contribution in [1.82, 2.24) is 5.43 Å². The summed E-state index contributed by atoms with van der Waals surface area (Å²) in [6.07, 6.45) is 1.21. The Balaban J connectivity index is 1.68. The van der Waals surface area contributed by atoms with Gasteiger partial charge in [-0.1, -0.05) is 12.1 Å². The van der Waals surface area contributed by atoms with Gasteiger partial charge in [-0.3, -0.25) is 14.9 Å². The minimum absolute atomic E-state index is 0.147. The maximum Gasteiger partial charge on any atom is 0.335 e. The van der Waals surface area contributed by atoms with Gasteiger partial charge in [0.1, 0.15) is 17.3 Å². The van der Waals surface area contributed by atoms with Gasteiger partial charge in [0.25, 0.3) is 11.6 Å². The number of carboxylic acids is 1. The smallest absolute Gasteiger partial charge is 0.335 e. The molecule has 0 atom stereocenters. The van der Waals surface area contributed by atoms with E-state index in [2.05, 4.69) is 10.5 Å². The number of non-ortho nitro benzene ring substituents is 1. The first-order valence-electron chi connectivity index (χ1n) is 8.09. The molecule has 3 aromatic rings. The fourth-order valence-electron chi connectivity index (χ4n) is 2.39. The first-order valence-corrected chi connectivity index (χ1v) is 8.09. The van der Waals surface area contributed by atoms with E-state index in [1.807, 2.05) is 0 Å². The quantitative estimate of drug-likeness (QED) is 0.329. The third kappa shape index (κ3) is 4.45. The lowest BCUT2D eigenvalue weighted by molar-refractivity contribution is -0.384. The molecule has 0 radical (unpaired) electrons. The summed E-state index contributed by atoms with van der Waals surface area (Å²) in [5, 5.41) is 33.1. The fourth-order valence-corrected chi connectivity index (χ4v) is 2.39. The van der Waals surface area contributed by atoms with Crippen LogP contribution in [0.2, 0.25) is 0 Å². The first kappa shape index (κ1) is 19.3. The van der Waals surface area contributed by atoms with Crippen LogP contribution in [0.3, 0.4) is 0 Å². The second-order valence-corrected chi connectivity index (χ2v) is 5.74. The molecule has 29 heavy (non-hydrogen) atoms. The van der Waals surface area contributed by atoms with Gasteiger partial charge in [0.05, 0.1) is 22.3 Å². The molecule has 10 heteroatoms. The predicted octanol–water partition coefficient (Wildman–Crippen LogP) is 3.02. The van der Waals surface area contributed by atoms with Crippen LogP contribution in [0.1, 0.15) is 26.5 Å². The van der Waals surface area contributed by atoms with E-state index in [1.165, 1.54) is 18.3 Å². The maximum atomic E-state index is 12.1. The second kappa shape index (κ2) is 8.05. The number of carbonyl (C=O) groups is 2. The van der Waals surface area contributed by atoms with Crippen molar-refractivity contribution in [1.29, 1.82) is 0 Å². The lowest BCUT2D eigenvalue weighted by Gasteiger charge is -2.02. The number of rotatable bonds is 6. The van der Waals surface area contributed by atoms with Gasteiger partial charge < -0.3 is 14.6 Å². The zero-order valence-corrected chi connectivity index (χ0v) is 14.6. The number of benzene rings is 2. The molecule has 0 saturated heterocycles. The molecule has 1 aromatic heterocycles. The van der Waals surface area contributed by atoms with E-state index in [0.29, 0.717) is 17.1 Å². The Morgan fingerprint density at radius 1 is 1.10 bits per heavy atom. The van der Waals surface area contributed by atoms with E-state index in [4.69, 9.17) is 9.52 Å². The minimum Gasteiger partial charge on any atom is -0.507 e. The highest BCUT2D eigenvalue weighted by Gasteiger charge is 2.16. The number of aromatic carboxylic acids is 1. The van der Waals surface area contributed by atoms with Crippen molar-refractivity contribution in [2.75, 3.05) is 0 Å². The highest BCUT2D eigenvalue weighted by molar-refractivity contribution is 5.97. The van der Waals surface area contributed by atoms with E-state index in [1.54, 1.807) is 24.3 Å². The predicted molar refractivity (Wildman–Crippen MR) is 101 cm³/mol. The van der Waals surface area contributed by atoms with Crippen LogP contribution in [0.25, 0.3) is 11.3 Å². The molecule has 0 unspecified atom stereocenters. The third-order valence-corrected chi connectivity index (χ3v) is 3.84. The number of hydrazone groups is 1. The standard InChI is InChI=1S/C19H13N3O7/c23-16-7-5-13(22(27)28)9-15(16)18(24)21-20-10-14-6-8-17(29-14)11-1-3-12(4-2-11)19(25)26/h1-10,23H,(H,21,24)(H,25,26). The lowest BCUT2D eigenvalue weighted by atomic mass is 10.1. The van der Waals surface area contributed by atoms with Gasteiger partial charge in [0, 0.05) is 17.7 Å². The zero-order valence-electron chi connectivity index (χ0n) is 14.6. The Morgan fingerprint density at radius 2 is 1.83 bits per heavy atom. The molecule has 10 nitrogen and oxygen atoms in total. The number of nitro groups is 1. The lowest BCUT2D eigenvalue weighted by Crippen LogP contribution is -2.17. The molecule has 0 saturated carbocycles. The molecule has 0 fully saturated rings. The fraction of sp³-hybridized carbons (Fsp3) is 0. The summed E-state index contributed by atoms with van der Waals surface area (Å²) in [5.41, 5.74) is 2.30. The van der Waals surface area contributed by atoms with E-state index in [0.717, 1.165) is 18.2 Å². The minimum atomic E-state index is -1.03.